The van der Waals surface area contributed by atoms with Crippen LogP contribution >= 0.6 is 0 Å². The topological polar surface area (TPSA) is 37.4 Å². The van der Waals surface area contributed by atoms with Crippen molar-refractivity contribution in [2.24, 2.45) is 0 Å². The van der Waals surface area contributed by atoms with E-state index in [2.05, 4.69) is 48.1 Å². The molecule has 0 unspecified atom stereocenters. The van der Waals surface area contributed by atoms with Crippen LogP contribution in [-0.4, -0.2) is 15.0 Å². The van der Waals surface area contributed by atoms with Gasteiger partial charge in [-0.15, -0.1) is 6.58 Å². The highest BCUT2D eigenvalue weighted by Gasteiger charge is 2.33. The smallest absolute Gasteiger partial charge is 0.262 e. The monoisotopic (exact) mass is 399 g/mol. The molecular formula is C24H33NO2S. The minimum atomic E-state index is -3.74. The van der Waals surface area contributed by atoms with Crippen molar-refractivity contribution in [3.8, 4) is 0 Å². The molecule has 2 aromatic carbocycles. The van der Waals surface area contributed by atoms with Crippen molar-refractivity contribution in [3.63, 3.8) is 0 Å². The zero-order chi connectivity index (χ0) is 21.3. The first-order valence-electron chi connectivity index (χ1n) is 9.64. The zero-order valence-electron chi connectivity index (χ0n) is 18.2. The average Bonchev–Trinajstić information content (AvgIpc) is 2.57. The molecule has 0 fully saturated rings. The molecule has 0 saturated carbocycles. The molecule has 0 saturated heterocycles. The van der Waals surface area contributed by atoms with E-state index in [9.17, 15) is 8.42 Å². The molecule has 0 radical (unpaired) electrons. The Bertz CT molecular complexity index is 911. The third-order valence-electron chi connectivity index (χ3n) is 4.81. The minimum absolute atomic E-state index is 0.210. The van der Waals surface area contributed by atoms with E-state index in [0.29, 0.717) is 4.90 Å². The molecule has 0 heterocycles. The number of anilines is 1. The second-order valence-corrected chi connectivity index (χ2v) is 11.2. The lowest BCUT2D eigenvalue weighted by Gasteiger charge is -2.35. The fraction of sp³-hybridized carbons (Fsp3) is 0.417. The molecule has 0 aliphatic heterocycles. The minimum Gasteiger partial charge on any atom is -0.262 e. The van der Waals surface area contributed by atoms with Crippen molar-refractivity contribution in [1.82, 2.24) is 0 Å². The Labute approximate surface area is 171 Å². The number of nitrogens with zero attached hydrogens (tertiary/aromatic N) is 1. The highest BCUT2D eigenvalue weighted by molar-refractivity contribution is 7.92. The van der Waals surface area contributed by atoms with Gasteiger partial charge in [0.15, 0.2) is 0 Å². The Morgan fingerprint density at radius 2 is 1.36 bits per heavy atom. The van der Waals surface area contributed by atoms with E-state index in [4.69, 9.17) is 0 Å². The van der Waals surface area contributed by atoms with Gasteiger partial charge in [0.2, 0.25) is 0 Å². The van der Waals surface area contributed by atoms with Crippen molar-refractivity contribution < 1.29 is 8.42 Å². The molecule has 0 N–H and O–H groups in total. The molecule has 0 spiro atoms. The maximum atomic E-state index is 13.7. The number of hydrogen-bond donors (Lipinski definition) is 0. The molecule has 152 valence electrons. The fourth-order valence-electron chi connectivity index (χ4n) is 3.29. The van der Waals surface area contributed by atoms with Crippen LogP contribution < -0.4 is 4.31 Å². The van der Waals surface area contributed by atoms with E-state index in [1.165, 1.54) is 4.31 Å². The summed E-state index contributed by atoms with van der Waals surface area (Å²) >= 11 is 0. The van der Waals surface area contributed by atoms with Crippen LogP contribution in [0.5, 0.6) is 0 Å². The Hall–Kier alpha value is -2.07. The van der Waals surface area contributed by atoms with Crippen molar-refractivity contribution >= 4 is 15.7 Å². The second kappa shape index (κ2) is 7.75. The molecule has 0 aliphatic rings. The molecule has 0 aliphatic carbocycles. The van der Waals surface area contributed by atoms with Crippen molar-refractivity contribution in [1.29, 1.82) is 0 Å². The number of hydrogen-bond acceptors (Lipinski definition) is 2. The molecule has 2 aromatic rings. The molecule has 0 amide bonds. The van der Waals surface area contributed by atoms with Gasteiger partial charge < -0.3 is 0 Å². The van der Waals surface area contributed by atoms with Gasteiger partial charge in [-0.25, -0.2) is 8.42 Å². The van der Waals surface area contributed by atoms with Gasteiger partial charge in [-0.05, 0) is 41.0 Å². The van der Waals surface area contributed by atoms with Crippen LogP contribution in [-0.2, 0) is 20.9 Å². The average molecular weight is 400 g/mol. The molecule has 0 bridgehead atoms. The third kappa shape index (κ3) is 4.49. The quantitative estimate of drug-likeness (QED) is 0.581. The summed E-state index contributed by atoms with van der Waals surface area (Å²) in [5, 5.41) is 0. The summed E-state index contributed by atoms with van der Waals surface area (Å²) < 4.78 is 28.9. The molecule has 28 heavy (non-hydrogen) atoms. The standard InChI is InChI=1S/C24H33NO2S/c1-9-17-25(28(26,27)19-15-13-18(2)14-16-19)22-20(23(3,4)5)11-10-12-21(22)24(6,7)8/h9-16H,1,17H2,2-8H3. The van der Waals surface area contributed by atoms with Crippen LogP contribution in [0.15, 0.2) is 60.0 Å². The summed E-state index contributed by atoms with van der Waals surface area (Å²) in [6.45, 7) is 18.7. The van der Waals surface area contributed by atoms with Crippen LogP contribution in [0.3, 0.4) is 0 Å². The predicted molar refractivity (Wildman–Crippen MR) is 120 cm³/mol. The molecule has 0 atom stereocenters. The summed E-state index contributed by atoms with van der Waals surface area (Å²) in [4.78, 5) is 0.295. The van der Waals surface area contributed by atoms with E-state index in [0.717, 1.165) is 22.4 Å². The van der Waals surface area contributed by atoms with E-state index in [1.807, 2.05) is 37.3 Å². The maximum Gasteiger partial charge on any atom is 0.264 e. The summed E-state index contributed by atoms with van der Waals surface area (Å²) in [5.41, 5.74) is 3.40. The third-order valence-corrected chi connectivity index (χ3v) is 6.59. The van der Waals surface area contributed by atoms with Gasteiger partial charge in [0.1, 0.15) is 0 Å². The zero-order valence-corrected chi connectivity index (χ0v) is 19.0. The Kier molecular flexibility index (Phi) is 6.15. The van der Waals surface area contributed by atoms with E-state index in [1.54, 1.807) is 18.2 Å². The Morgan fingerprint density at radius 1 is 0.893 bits per heavy atom. The van der Waals surface area contributed by atoms with Gasteiger partial charge in [-0.2, -0.15) is 0 Å². The summed E-state index contributed by atoms with van der Waals surface area (Å²) in [5.74, 6) is 0. The number of rotatable bonds is 5. The van der Waals surface area contributed by atoms with E-state index >= 15 is 0 Å². The SMILES string of the molecule is C=CCN(c1c(C(C)(C)C)cccc1C(C)(C)C)S(=O)(=O)c1ccc(C)cc1. The van der Waals surface area contributed by atoms with Crippen molar-refractivity contribution in [2.45, 2.75) is 64.2 Å². The first-order valence-corrected chi connectivity index (χ1v) is 11.1. The maximum absolute atomic E-state index is 13.7. The predicted octanol–water partition coefficient (Wildman–Crippen LogP) is 5.97. The Balaban J connectivity index is 2.86. The lowest BCUT2D eigenvalue weighted by atomic mass is 9.78. The highest BCUT2D eigenvalue weighted by atomic mass is 32.2. The van der Waals surface area contributed by atoms with Crippen molar-refractivity contribution in [2.75, 3.05) is 10.8 Å². The van der Waals surface area contributed by atoms with Crippen molar-refractivity contribution in [3.05, 3.63) is 71.8 Å². The van der Waals surface area contributed by atoms with Crippen LogP contribution in [0.1, 0.15) is 58.2 Å². The van der Waals surface area contributed by atoms with Crippen LogP contribution in [0, 0.1) is 6.92 Å². The largest absolute Gasteiger partial charge is 0.264 e. The molecule has 4 heteroatoms. The van der Waals surface area contributed by atoms with Gasteiger partial charge in [-0.1, -0.05) is 83.5 Å². The lowest BCUT2D eigenvalue weighted by Crippen LogP contribution is -2.35. The molecular weight excluding hydrogens is 366 g/mol. The number of benzene rings is 2. The van der Waals surface area contributed by atoms with Crippen LogP contribution in [0.2, 0.25) is 0 Å². The first-order chi connectivity index (χ1) is 12.8. The second-order valence-electron chi connectivity index (χ2n) is 9.34. The van der Waals surface area contributed by atoms with Crippen LogP contribution in [0.4, 0.5) is 5.69 Å². The number of sulfonamides is 1. The van der Waals surface area contributed by atoms with E-state index < -0.39 is 10.0 Å². The van der Waals surface area contributed by atoms with Crippen LogP contribution in [0.25, 0.3) is 0 Å². The van der Waals surface area contributed by atoms with Gasteiger partial charge in [0.05, 0.1) is 17.1 Å². The molecule has 3 nitrogen and oxygen atoms in total. The fourth-order valence-corrected chi connectivity index (χ4v) is 4.76. The molecule has 0 aromatic heterocycles. The number of aryl methyl sites for hydroxylation is 1. The summed E-state index contributed by atoms with van der Waals surface area (Å²) in [6.07, 6.45) is 1.65. The lowest BCUT2D eigenvalue weighted by molar-refractivity contribution is 0.565. The Morgan fingerprint density at radius 3 is 1.75 bits per heavy atom. The van der Waals surface area contributed by atoms with Gasteiger partial charge in [-0.3, -0.25) is 4.31 Å². The van der Waals surface area contributed by atoms with Gasteiger partial charge >= 0.3 is 0 Å². The van der Waals surface area contributed by atoms with E-state index in [-0.39, 0.29) is 17.4 Å². The van der Waals surface area contributed by atoms with Gasteiger partial charge in [0.25, 0.3) is 10.0 Å². The summed E-state index contributed by atoms with van der Waals surface area (Å²) in [6, 6.07) is 13.1. The number of para-hydroxylation sites is 1. The normalized spacial score (nSPS) is 12.7. The summed E-state index contributed by atoms with van der Waals surface area (Å²) in [7, 11) is -3.74. The van der Waals surface area contributed by atoms with Gasteiger partial charge in [0, 0.05) is 0 Å². The molecule has 2 rings (SSSR count). The first kappa shape index (κ1) is 22.2. The highest BCUT2D eigenvalue weighted by Crippen LogP contribution is 2.42.